The summed E-state index contributed by atoms with van der Waals surface area (Å²) in [6, 6.07) is 13.5. The minimum atomic E-state index is -0.147. The summed E-state index contributed by atoms with van der Waals surface area (Å²) in [6.45, 7) is 0. The van der Waals surface area contributed by atoms with Crippen molar-refractivity contribution in [1.82, 2.24) is 4.98 Å². The molecule has 0 unspecified atom stereocenters. The molecule has 0 radical (unpaired) electrons. The van der Waals surface area contributed by atoms with Gasteiger partial charge in [0.15, 0.2) is 5.78 Å². The van der Waals surface area contributed by atoms with Gasteiger partial charge in [-0.3, -0.25) is 9.59 Å². The number of carbonyl (C=O) groups is 2. The molecule has 1 aromatic heterocycles. The third-order valence-electron chi connectivity index (χ3n) is 4.85. The summed E-state index contributed by atoms with van der Waals surface area (Å²) in [5.41, 5.74) is 5.10. The van der Waals surface area contributed by atoms with Crippen molar-refractivity contribution >= 4 is 28.7 Å². The largest absolute Gasteiger partial charge is 0.326 e. The number of carbonyl (C=O) groups excluding carboxylic acids is 2. The molecule has 4 nitrogen and oxygen atoms in total. The maximum atomic E-state index is 12.4. The molecular formula is C22H20N2O2S. The Morgan fingerprint density at radius 2 is 1.81 bits per heavy atom. The van der Waals surface area contributed by atoms with E-state index >= 15 is 0 Å². The van der Waals surface area contributed by atoms with E-state index < -0.39 is 0 Å². The topological polar surface area (TPSA) is 59.1 Å². The molecule has 0 aliphatic heterocycles. The molecule has 1 amide bonds. The lowest BCUT2D eigenvalue weighted by Gasteiger charge is -2.07. The van der Waals surface area contributed by atoms with Gasteiger partial charge in [-0.1, -0.05) is 12.1 Å². The van der Waals surface area contributed by atoms with E-state index in [4.69, 9.17) is 0 Å². The zero-order chi connectivity index (χ0) is 18.6. The number of rotatable bonds is 6. The van der Waals surface area contributed by atoms with Crippen LogP contribution in [0.3, 0.4) is 0 Å². The number of anilines is 1. The third-order valence-corrected chi connectivity index (χ3v) is 5.67. The lowest BCUT2D eigenvalue weighted by atomic mass is 10.0. The number of amides is 1. The average Bonchev–Trinajstić information content (AvgIpc) is 3.38. The maximum absolute atomic E-state index is 12.4. The van der Waals surface area contributed by atoms with Crippen molar-refractivity contribution in [1.29, 1.82) is 0 Å². The van der Waals surface area contributed by atoms with E-state index in [2.05, 4.69) is 16.4 Å². The highest BCUT2D eigenvalue weighted by atomic mass is 32.1. The van der Waals surface area contributed by atoms with Crippen LogP contribution in [0.2, 0.25) is 0 Å². The molecule has 4 rings (SSSR count). The van der Waals surface area contributed by atoms with Crippen LogP contribution in [0.5, 0.6) is 0 Å². The first-order valence-electron chi connectivity index (χ1n) is 9.14. The van der Waals surface area contributed by atoms with Gasteiger partial charge in [-0.05, 0) is 60.7 Å². The van der Waals surface area contributed by atoms with Crippen molar-refractivity contribution < 1.29 is 9.59 Å². The molecule has 1 aliphatic carbocycles. The van der Waals surface area contributed by atoms with Gasteiger partial charge in [0.1, 0.15) is 5.01 Å². The Morgan fingerprint density at radius 1 is 1.00 bits per heavy atom. The number of aromatic nitrogens is 1. The quantitative estimate of drug-likeness (QED) is 0.623. The van der Waals surface area contributed by atoms with Crippen LogP contribution in [0.1, 0.15) is 40.7 Å². The van der Waals surface area contributed by atoms with E-state index in [-0.39, 0.29) is 24.5 Å². The predicted octanol–water partition coefficient (Wildman–Crippen LogP) is 4.90. The van der Waals surface area contributed by atoms with E-state index in [9.17, 15) is 9.59 Å². The minimum Gasteiger partial charge on any atom is -0.326 e. The molecule has 0 atom stereocenters. The SMILES string of the molecule is O=C(CCC(=O)c1ccc2c(c1)CCC2)Nc1ccc(-c2nccs2)cc1. The molecule has 0 spiro atoms. The Balaban J connectivity index is 1.31. The van der Waals surface area contributed by atoms with Crippen LogP contribution < -0.4 is 5.32 Å². The van der Waals surface area contributed by atoms with E-state index in [1.807, 2.05) is 41.8 Å². The highest BCUT2D eigenvalue weighted by Crippen LogP contribution is 2.24. The second-order valence-electron chi connectivity index (χ2n) is 6.72. The summed E-state index contributed by atoms with van der Waals surface area (Å²) < 4.78 is 0. The fourth-order valence-electron chi connectivity index (χ4n) is 3.40. The van der Waals surface area contributed by atoms with Crippen molar-refractivity contribution in [2.45, 2.75) is 32.1 Å². The summed E-state index contributed by atoms with van der Waals surface area (Å²) >= 11 is 1.58. The Morgan fingerprint density at radius 3 is 2.59 bits per heavy atom. The Hall–Kier alpha value is -2.79. The van der Waals surface area contributed by atoms with Crippen LogP contribution in [0, 0.1) is 0 Å². The van der Waals surface area contributed by atoms with Crippen LogP contribution >= 0.6 is 11.3 Å². The summed E-state index contributed by atoms with van der Waals surface area (Å²) in [5.74, 6) is -0.120. The van der Waals surface area contributed by atoms with Crippen LogP contribution in [-0.2, 0) is 17.6 Å². The number of Topliss-reactive ketones (excluding diaryl/α,β-unsaturated/α-hetero) is 1. The molecule has 3 aromatic rings. The smallest absolute Gasteiger partial charge is 0.224 e. The molecule has 1 aliphatic rings. The number of thiazole rings is 1. The highest BCUT2D eigenvalue weighted by molar-refractivity contribution is 7.13. The fraction of sp³-hybridized carbons (Fsp3) is 0.227. The third kappa shape index (κ3) is 4.14. The van der Waals surface area contributed by atoms with Gasteiger partial charge in [0.05, 0.1) is 0 Å². The number of ketones is 1. The van der Waals surface area contributed by atoms with Crippen molar-refractivity contribution in [3.63, 3.8) is 0 Å². The number of benzene rings is 2. The summed E-state index contributed by atoms with van der Waals surface area (Å²) in [4.78, 5) is 28.8. The Bertz CT molecular complexity index is 962. The number of nitrogens with one attached hydrogen (secondary N) is 1. The van der Waals surface area contributed by atoms with Gasteiger partial charge < -0.3 is 5.32 Å². The van der Waals surface area contributed by atoms with E-state index in [0.29, 0.717) is 0 Å². The molecular weight excluding hydrogens is 356 g/mol. The van der Waals surface area contributed by atoms with E-state index in [1.54, 1.807) is 17.5 Å². The normalized spacial score (nSPS) is 12.6. The lowest BCUT2D eigenvalue weighted by Crippen LogP contribution is -2.13. The monoisotopic (exact) mass is 376 g/mol. The van der Waals surface area contributed by atoms with Gasteiger partial charge in [0.2, 0.25) is 5.91 Å². The molecule has 0 fully saturated rings. The van der Waals surface area contributed by atoms with Crippen LogP contribution in [-0.4, -0.2) is 16.7 Å². The second-order valence-corrected chi connectivity index (χ2v) is 7.62. The zero-order valence-corrected chi connectivity index (χ0v) is 15.7. The predicted molar refractivity (Wildman–Crippen MR) is 108 cm³/mol. The van der Waals surface area contributed by atoms with Crippen LogP contribution in [0.25, 0.3) is 10.6 Å². The summed E-state index contributed by atoms with van der Waals surface area (Å²) in [5, 5.41) is 5.74. The summed E-state index contributed by atoms with van der Waals surface area (Å²) in [7, 11) is 0. The van der Waals surface area contributed by atoms with Crippen LogP contribution in [0.4, 0.5) is 5.69 Å². The minimum absolute atomic E-state index is 0.0268. The first-order valence-corrected chi connectivity index (χ1v) is 10.0. The second kappa shape index (κ2) is 7.84. The van der Waals surface area contributed by atoms with Crippen molar-refractivity contribution in [2.24, 2.45) is 0 Å². The van der Waals surface area contributed by atoms with Gasteiger partial charge in [-0.25, -0.2) is 4.98 Å². The van der Waals surface area contributed by atoms with Gasteiger partial charge in [-0.2, -0.15) is 0 Å². The molecule has 0 bridgehead atoms. The number of nitrogens with zero attached hydrogens (tertiary/aromatic N) is 1. The number of hydrogen-bond donors (Lipinski definition) is 1. The first kappa shape index (κ1) is 17.6. The standard InChI is InChI=1S/C22H20N2O2S/c25-20(18-5-4-15-2-1-3-17(15)14-18)10-11-21(26)24-19-8-6-16(7-9-19)22-23-12-13-27-22/h4-9,12-14H,1-3,10-11H2,(H,24,26). The molecule has 0 saturated heterocycles. The summed E-state index contributed by atoms with van der Waals surface area (Å²) in [6.07, 6.45) is 5.50. The van der Waals surface area contributed by atoms with Gasteiger partial charge in [0.25, 0.3) is 0 Å². The zero-order valence-electron chi connectivity index (χ0n) is 14.9. The van der Waals surface area contributed by atoms with Crippen LogP contribution in [0.15, 0.2) is 54.0 Å². The van der Waals surface area contributed by atoms with Crippen molar-refractivity contribution in [3.8, 4) is 10.6 Å². The van der Waals surface area contributed by atoms with Crippen molar-refractivity contribution in [3.05, 3.63) is 70.7 Å². The molecule has 0 saturated carbocycles. The van der Waals surface area contributed by atoms with Gasteiger partial charge in [0, 0.05) is 41.2 Å². The molecule has 5 heteroatoms. The number of fused-ring (bicyclic) bond motifs is 1. The fourth-order valence-corrected chi connectivity index (χ4v) is 4.05. The molecule has 1 heterocycles. The molecule has 2 aromatic carbocycles. The lowest BCUT2D eigenvalue weighted by molar-refractivity contribution is -0.116. The van der Waals surface area contributed by atoms with Gasteiger partial charge in [-0.15, -0.1) is 11.3 Å². The van der Waals surface area contributed by atoms with Crippen molar-refractivity contribution in [2.75, 3.05) is 5.32 Å². The molecule has 27 heavy (non-hydrogen) atoms. The molecule has 1 N–H and O–H groups in total. The Labute approximate surface area is 162 Å². The number of hydrogen-bond acceptors (Lipinski definition) is 4. The number of aryl methyl sites for hydroxylation is 2. The van der Waals surface area contributed by atoms with E-state index in [1.165, 1.54) is 11.1 Å². The Kier molecular flexibility index (Phi) is 5.12. The highest BCUT2D eigenvalue weighted by Gasteiger charge is 2.15. The first-order chi connectivity index (χ1) is 13.2. The maximum Gasteiger partial charge on any atom is 0.224 e. The molecule has 136 valence electrons. The van der Waals surface area contributed by atoms with E-state index in [0.717, 1.165) is 41.1 Å². The average molecular weight is 376 g/mol. The van der Waals surface area contributed by atoms with Gasteiger partial charge >= 0.3 is 0 Å².